The molecule has 0 spiro atoms. The average Bonchev–Trinajstić information content (AvgIpc) is 3.20. The number of aromatic nitrogens is 1. The van der Waals surface area contributed by atoms with Gasteiger partial charge in [0.15, 0.2) is 0 Å². The topological polar surface area (TPSA) is 45.2 Å². The summed E-state index contributed by atoms with van der Waals surface area (Å²) < 4.78 is 0. The predicted octanol–water partition coefficient (Wildman–Crippen LogP) is 1.35. The number of rotatable bonds is 5. The Morgan fingerprint density at radius 3 is 2.76 bits per heavy atom. The van der Waals surface area contributed by atoms with Crippen LogP contribution in [0.1, 0.15) is 31.4 Å². The van der Waals surface area contributed by atoms with Gasteiger partial charge >= 0.3 is 0 Å². The molecule has 4 nitrogen and oxygen atoms in total. The molecule has 1 atom stereocenters. The fraction of sp³-hybridized carbons (Fsp3) is 0.538. The highest BCUT2D eigenvalue weighted by atomic mass is 16.2. The van der Waals surface area contributed by atoms with Crippen molar-refractivity contribution in [2.45, 2.75) is 31.8 Å². The number of carbonyl (C=O) groups is 1. The fourth-order valence-electron chi connectivity index (χ4n) is 1.80. The maximum Gasteiger partial charge on any atom is 0.236 e. The quantitative estimate of drug-likeness (QED) is 0.835. The Balaban J connectivity index is 1.79. The first kappa shape index (κ1) is 12.0. The van der Waals surface area contributed by atoms with Gasteiger partial charge in [-0.3, -0.25) is 9.78 Å². The summed E-state index contributed by atoms with van der Waals surface area (Å²) in [5, 5.41) is 3.24. The van der Waals surface area contributed by atoms with Gasteiger partial charge < -0.3 is 10.2 Å². The Morgan fingerprint density at radius 1 is 1.53 bits per heavy atom. The molecular weight excluding hydrogens is 214 g/mol. The van der Waals surface area contributed by atoms with Crippen LogP contribution in [0, 0.1) is 0 Å². The summed E-state index contributed by atoms with van der Waals surface area (Å²) in [7, 11) is 1.89. The van der Waals surface area contributed by atoms with Gasteiger partial charge in [0, 0.05) is 31.5 Å². The lowest BCUT2D eigenvalue weighted by Gasteiger charge is -2.19. The van der Waals surface area contributed by atoms with Crippen molar-refractivity contribution in [3.05, 3.63) is 30.1 Å². The molecule has 1 saturated carbocycles. The van der Waals surface area contributed by atoms with Crippen LogP contribution >= 0.6 is 0 Å². The van der Waals surface area contributed by atoms with Crippen LogP contribution in [0.5, 0.6) is 0 Å². The van der Waals surface area contributed by atoms with Gasteiger partial charge in [0.25, 0.3) is 0 Å². The Hall–Kier alpha value is -1.42. The van der Waals surface area contributed by atoms with Gasteiger partial charge in [-0.1, -0.05) is 0 Å². The third-order valence-electron chi connectivity index (χ3n) is 3.25. The van der Waals surface area contributed by atoms with E-state index < -0.39 is 0 Å². The lowest BCUT2D eigenvalue weighted by atomic mass is 10.1. The second-order valence-corrected chi connectivity index (χ2v) is 4.62. The van der Waals surface area contributed by atoms with Gasteiger partial charge in [0.1, 0.15) is 0 Å². The van der Waals surface area contributed by atoms with Crippen molar-refractivity contribution in [2.24, 2.45) is 0 Å². The molecular formula is C13H19N3O. The molecule has 92 valence electrons. The van der Waals surface area contributed by atoms with Crippen molar-refractivity contribution in [3.63, 3.8) is 0 Å². The summed E-state index contributed by atoms with van der Waals surface area (Å²) in [5.74, 6) is 0.174. The number of hydrogen-bond acceptors (Lipinski definition) is 3. The molecule has 0 bridgehead atoms. The summed E-state index contributed by atoms with van der Waals surface area (Å²) in [6, 6.07) is 4.59. The minimum Gasteiger partial charge on any atom is -0.342 e. The van der Waals surface area contributed by atoms with E-state index in [9.17, 15) is 4.79 Å². The highest BCUT2D eigenvalue weighted by Gasteiger charge is 2.29. The molecule has 1 aliphatic rings. The maximum absolute atomic E-state index is 11.8. The van der Waals surface area contributed by atoms with Crippen molar-refractivity contribution in [1.29, 1.82) is 0 Å². The van der Waals surface area contributed by atoms with Crippen LogP contribution < -0.4 is 5.32 Å². The van der Waals surface area contributed by atoms with Crippen molar-refractivity contribution in [3.8, 4) is 0 Å². The molecule has 0 aromatic carbocycles. The molecule has 17 heavy (non-hydrogen) atoms. The molecule has 1 aliphatic carbocycles. The number of likely N-dealkylation sites (N-methyl/N-ethyl adjacent to an activating group) is 1. The van der Waals surface area contributed by atoms with Gasteiger partial charge in [-0.25, -0.2) is 0 Å². The van der Waals surface area contributed by atoms with Crippen LogP contribution in [0.2, 0.25) is 0 Å². The minimum absolute atomic E-state index is 0.174. The maximum atomic E-state index is 11.8. The number of nitrogens with zero attached hydrogens (tertiary/aromatic N) is 2. The zero-order valence-corrected chi connectivity index (χ0v) is 10.4. The van der Waals surface area contributed by atoms with E-state index in [0.717, 1.165) is 18.4 Å². The SMILES string of the molecule is CC(NCC(=O)N(C)C1CC1)c1ccncc1. The third kappa shape index (κ3) is 3.27. The van der Waals surface area contributed by atoms with Crippen LogP contribution in [0.3, 0.4) is 0 Å². The summed E-state index contributed by atoms with van der Waals surface area (Å²) in [6.07, 6.45) is 5.85. The summed E-state index contributed by atoms with van der Waals surface area (Å²) >= 11 is 0. The number of carbonyl (C=O) groups excluding carboxylic acids is 1. The average molecular weight is 233 g/mol. The second kappa shape index (κ2) is 5.27. The second-order valence-electron chi connectivity index (χ2n) is 4.62. The molecule has 1 amide bonds. The lowest BCUT2D eigenvalue weighted by Crippen LogP contribution is -2.37. The van der Waals surface area contributed by atoms with Gasteiger partial charge in [-0.05, 0) is 37.5 Å². The van der Waals surface area contributed by atoms with Crippen LogP contribution in [0.15, 0.2) is 24.5 Å². The number of pyridine rings is 1. The number of hydrogen-bond donors (Lipinski definition) is 1. The minimum atomic E-state index is 0.174. The first-order chi connectivity index (χ1) is 8.18. The molecule has 1 heterocycles. The molecule has 0 aliphatic heterocycles. The van der Waals surface area contributed by atoms with Crippen molar-refractivity contribution < 1.29 is 4.79 Å². The molecule has 2 rings (SSSR count). The largest absolute Gasteiger partial charge is 0.342 e. The van der Waals surface area contributed by atoms with Crippen LogP contribution in [-0.2, 0) is 4.79 Å². The van der Waals surface area contributed by atoms with Crippen LogP contribution in [0.25, 0.3) is 0 Å². The summed E-state index contributed by atoms with van der Waals surface area (Å²) in [4.78, 5) is 17.6. The third-order valence-corrected chi connectivity index (χ3v) is 3.25. The van der Waals surface area contributed by atoms with Gasteiger partial charge in [0.05, 0.1) is 6.54 Å². The van der Waals surface area contributed by atoms with E-state index >= 15 is 0 Å². The monoisotopic (exact) mass is 233 g/mol. The highest BCUT2D eigenvalue weighted by molar-refractivity contribution is 5.78. The van der Waals surface area contributed by atoms with E-state index in [2.05, 4.69) is 17.2 Å². The normalized spacial score (nSPS) is 16.6. The molecule has 1 N–H and O–H groups in total. The van der Waals surface area contributed by atoms with Gasteiger partial charge in [-0.15, -0.1) is 0 Å². The zero-order chi connectivity index (χ0) is 12.3. The highest BCUT2D eigenvalue weighted by Crippen LogP contribution is 2.25. The number of nitrogens with one attached hydrogen (secondary N) is 1. The first-order valence-corrected chi connectivity index (χ1v) is 6.07. The van der Waals surface area contributed by atoms with Crippen LogP contribution in [-0.4, -0.2) is 35.4 Å². The Labute approximate surface area is 102 Å². The summed E-state index contributed by atoms with van der Waals surface area (Å²) in [6.45, 7) is 2.45. The Bertz CT molecular complexity index is 376. The van der Waals surface area contributed by atoms with E-state index in [4.69, 9.17) is 0 Å². The van der Waals surface area contributed by atoms with Crippen molar-refractivity contribution >= 4 is 5.91 Å². The number of amides is 1. The van der Waals surface area contributed by atoms with Gasteiger partial charge in [-0.2, -0.15) is 0 Å². The van der Waals surface area contributed by atoms with E-state index in [1.165, 1.54) is 0 Å². The van der Waals surface area contributed by atoms with E-state index in [0.29, 0.717) is 12.6 Å². The Kier molecular flexibility index (Phi) is 3.74. The van der Waals surface area contributed by atoms with E-state index in [-0.39, 0.29) is 11.9 Å². The predicted molar refractivity (Wildman–Crippen MR) is 66.4 cm³/mol. The molecule has 4 heteroatoms. The molecule has 1 aromatic heterocycles. The molecule has 1 fully saturated rings. The van der Waals surface area contributed by atoms with E-state index in [1.54, 1.807) is 12.4 Å². The van der Waals surface area contributed by atoms with Gasteiger partial charge in [0.2, 0.25) is 5.91 Å². The smallest absolute Gasteiger partial charge is 0.236 e. The fourth-order valence-corrected chi connectivity index (χ4v) is 1.80. The zero-order valence-electron chi connectivity index (χ0n) is 10.4. The van der Waals surface area contributed by atoms with E-state index in [1.807, 2.05) is 24.1 Å². The summed E-state index contributed by atoms with van der Waals surface area (Å²) in [5.41, 5.74) is 1.15. The van der Waals surface area contributed by atoms with Crippen molar-refractivity contribution in [2.75, 3.05) is 13.6 Å². The lowest BCUT2D eigenvalue weighted by molar-refractivity contribution is -0.129. The van der Waals surface area contributed by atoms with Crippen molar-refractivity contribution in [1.82, 2.24) is 15.2 Å². The Morgan fingerprint density at radius 2 is 2.18 bits per heavy atom. The molecule has 0 radical (unpaired) electrons. The molecule has 1 unspecified atom stereocenters. The molecule has 0 saturated heterocycles. The van der Waals surface area contributed by atoms with Crippen LogP contribution in [0.4, 0.5) is 0 Å². The molecule has 1 aromatic rings. The standard InChI is InChI=1S/C13H19N3O/c1-10(11-5-7-14-8-6-11)15-9-13(17)16(2)12-3-4-12/h5-8,10,12,15H,3-4,9H2,1-2H3. The first-order valence-electron chi connectivity index (χ1n) is 6.07.